The zero-order chi connectivity index (χ0) is 15.0. The third-order valence-corrected chi connectivity index (χ3v) is 3.94. The van der Waals surface area contributed by atoms with Crippen molar-refractivity contribution in [1.29, 1.82) is 0 Å². The predicted octanol–water partition coefficient (Wildman–Crippen LogP) is 1.81. The van der Waals surface area contributed by atoms with Crippen LogP contribution in [-0.4, -0.2) is 53.3 Å². The van der Waals surface area contributed by atoms with E-state index in [0.29, 0.717) is 0 Å². The van der Waals surface area contributed by atoms with Gasteiger partial charge < -0.3 is 14.3 Å². The fraction of sp³-hybridized carbons (Fsp3) is 0.533. The van der Waals surface area contributed by atoms with Crippen LogP contribution in [0.25, 0.3) is 11.3 Å². The quantitative estimate of drug-likeness (QED) is 0.839. The number of aryl methyl sites for hydroxylation is 3. The number of hydrogen-bond acceptors (Lipinski definition) is 6. The molecule has 21 heavy (non-hydrogen) atoms. The van der Waals surface area contributed by atoms with Crippen molar-refractivity contribution in [2.45, 2.75) is 20.8 Å². The normalized spacial score (nSPS) is 16.5. The van der Waals surface area contributed by atoms with Gasteiger partial charge in [0, 0.05) is 32.2 Å². The van der Waals surface area contributed by atoms with Crippen molar-refractivity contribution in [3.05, 3.63) is 23.3 Å². The lowest BCUT2D eigenvalue weighted by molar-refractivity contribution is 0.312. The van der Waals surface area contributed by atoms with Crippen LogP contribution in [-0.2, 0) is 0 Å². The van der Waals surface area contributed by atoms with E-state index in [1.807, 2.05) is 26.8 Å². The Hall–Kier alpha value is -1.95. The maximum absolute atomic E-state index is 5.26. The van der Waals surface area contributed by atoms with Gasteiger partial charge in [0.25, 0.3) is 0 Å². The molecule has 0 spiro atoms. The van der Waals surface area contributed by atoms with Crippen molar-refractivity contribution in [2.24, 2.45) is 0 Å². The van der Waals surface area contributed by atoms with E-state index in [4.69, 9.17) is 4.52 Å². The molecule has 0 radical (unpaired) electrons. The minimum atomic E-state index is 0.779. The van der Waals surface area contributed by atoms with Crippen molar-refractivity contribution in [3.63, 3.8) is 0 Å². The topological polar surface area (TPSA) is 58.3 Å². The highest BCUT2D eigenvalue weighted by Crippen LogP contribution is 2.27. The molecule has 6 heteroatoms. The molecule has 0 amide bonds. The average molecular weight is 287 g/mol. The maximum Gasteiger partial charge on any atom is 0.143 e. The summed E-state index contributed by atoms with van der Waals surface area (Å²) in [5, 5.41) is 4.02. The Bertz CT molecular complexity index is 624. The molecule has 112 valence electrons. The molecule has 1 fully saturated rings. The summed E-state index contributed by atoms with van der Waals surface area (Å²) in [6.07, 6.45) is 0. The Balaban J connectivity index is 1.97. The zero-order valence-corrected chi connectivity index (χ0v) is 13.1. The van der Waals surface area contributed by atoms with Crippen LogP contribution in [0.15, 0.2) is 10.6 Å². The second-order valence-corrected chi connectivity index (χ2v) is 5.65. The first-order chi connectivity index (χ1) is 10.0. The highest BCUT2D eigenvalue weighted by molar-refractivity contribution is 5.66. The summed E-state index contributed by atoms with van der Waals surface area (Å²) in [5.41, 5.74) is 2.75. The molecule has 1 aliphatic rings. The van der Waals surface area contributed by atoms with E-state index in [2.05, 4.69) is 32.0 Å². The van der Waals surface area contributed by atoms with Crippen molar-refractivity contribution in [1.82, 2.24) is 20.0 Å². The second kappa shape index (κ2) is 5.44. The summed E-state index contributed by atoms with van der Waals surface area (Å²) in [5.74, 6) is 2.57. The van der Waals surface area contributed by atoms with Crippen LogP contribution < -0.4 is 4.90 Å². The van der Waals surface area contributed by atoms with E-state index >= 15 is 0 Å². The molecule has 3 heterocycles. The predicted molar refractivity (Wildman–Crippen MR) is 81.5 cm³/mol. The molecule has 1 aliphatic heterocycles. The number of hydrogen-bond donors (Lipinski definition) is 0. The first kappa shape index (κ1) is 14.0. The fourth-order valence-corrected chi connectivity index (χ4v) is 2.73. The number of nitrogens with zero attached hydrogens (tertiary/aromatic N) is 5. The number of anilines is 1. The SMILES string of the molecule is Cc1nc(-c2c(C)noc2C)cc(N2CCN(C)CC2)n1. The lowest BCUT2D eigenvalue weighted by Crippen LogP contribution is -2.44. The van der Waals surface area contributed by atoms with Gasteiger partial charge >= 0.3 is 0 Å². The van der Waals surface area contributed by atoms with E-state index in [1.54, 1.807) is 0 Å². The van der Waals surface area contributed by atoms with E-state index < -0.39 is 0 Å². The Kier molecular flexibility index (Phi) is 3.63. The molecular weight excluding hydrogens is 266 g/mol. The summed E-state index contributed by atoms with van der Waals surface area (Å²) >= 11 is 0. The smallest absolute Gasteiger partial charge is 0.143 e. The minimum absolute atomic E-state index is 0.779. The fourth-order valence-electron chi connectivity index (χ4n) is 2.73. The molecule has 0 N–H and O–H groups in total. The van der Waals surface area contributed by atoms with Gasteiger partial charge in [0.1, 0.15) is 17.4 Å². The standard InChI is InChI=1S/C15H21N5O/c1-10-15(11(2)21-18-10)13-9-14(17-12(3)16-13)20-7-5-19(4)6-8-20/h9H,5-8H2,1-4H3. The van der Waals surface area contributed by atoms with Gasteiger partial charge in [0.2, 0.25) is 0 Å². The van der Waals surface area contributed by atoms with Crippen molar-refractivity contribution in [2.75, 3.05) is 38.1 Å². The number of likely N-dealkylation sites (N-methyl/N-ethyl adjacent to an activating group) is 1. The van der Waals surface area contributed by atoms with Crippen LogP contribution in [0.5, 0.6) is 0 Å². The van der Waals surface area contributed by atoms with Gasteiger partial charge in [-0.15, -0.1) is 0 Å². The molecule has 0 unspecified atom stereocenters. The van der Waals surface area contributed by atoms with E-state index in [1.165, 1.54) is 0 Å². The second-order valence-electron chi connectivity index (χ2n) is 5.65. The molecule has 3 rings (SSSR count). The van der Waals surface area contributed by atoms with Gasteiger partial charge in [-0.05, 0) is 27.8 Å². The van der Waals surface area contributed by atoms with Crippen LogP contribution in [0.2, 0.25) is 0 Å². The van der Waals surface area contributed by atoms with E-state index in [-0.39, 0.29) is 0 Å². The molecule has 0 aromatic carbocycles. The number of piperazine rings is 1. The molecule has 1 saturated heterocycles. The molecule has 0 atom stereocenters. The molecule has 0 saturated carbocycles. The van der Waals surface area contributed by atoms with Crippen molar-refractivity contribution < 1.29 is 4.52 Å². The summed E-state index contributed by atoms with van der Waals surface area (Å²) < 4.78 is 5.26. The summed E-state index contributed by atoms with van der Waals surface area (Å²) in [7, 11) is 2.15. The van der Waals surface area contributed by atoms with Crippen LogP contribution in [0.3, 0.4) is 0 Å². The Labute approximate surface area is 124 Å². The van der Waals surface area contributed by atoms with Gasteiger partial charge in [-0.1, -0.05) is 5.16 Å². The highest BCUT2D eigenvalue weighted by Gasteiger charge is 2.19. The highest BCUT2D eigenvalue weighted by atomic mass is 16.5. The van der Waals surface area contributed by atoms with Gasteiger partial charge in [-0.3, -0.25) is 0 Å². The first-order valence-electron chi connectivity index (χ1n) is 7.27. The lowest BCUT2D eigenvalue weighted by atomic mass is 10.1. The first-order valence-corrected chi connectivity index (χ1v) is 7.27. The Morgan fingerprint density at radius 1 is 1.05 bits per heavy atom. The van der Waals surface area contributed by atoms with Crippen molar-refractivity contribution in [3.8, 4) is 11.3 Å². The van der Waals surface area contributed by atoms with E-state index in [9.17, 15) is 0 Å². The molecule has 2 aromatic heterocycles. The van der Waals surface area contributed by atoms with Gasteiger partial charge in [-0.2, -0.15) is 0 Å². The lowest BCUT2D eigenvalue weighted by Gasteiger charge is -2.33. The third-order valence-electron chi connectivity index (χ3n) is 3.94. The zero-order valence-electron chi connectivity index (χ0n) is 13.1. The van der Waals surface area contributed by atoms with Crippen LogP contribution >= 0.6 is 0 Å². The molecule has 6 nitrogen and oxygen atoms in total. The Morgan fingerprint density at radius 2 is 1.76 bits per heavy atom. The molecule has 2 aromatic rings. The average Bonchev–Trinajstić information content (AvgIpc) is 2.78. The summed E-state index contributed by atoms with van der Waals surface area (Å²) in [6, 6.07) is 2.05. The number of aromatic nitrogens is 3. The van der Waals surface area contributed by atoms with Crippen LogP contribution in [0, 0.1) is 20.8 Å². The third kappa shape index (κ3) is 2.76. The molecule has 0 aliphatic carbocycles. The molecule has 0 bridgehead atoms. The van der Waals surface area contributed by atoms with Crippen LogP contribution in [0.4, 0.5) is 5.82 Å². The molecular formula is C15H21N5O. The Morgan fingerprint density at radius 3 is 2.38 bits per heavy atom. The van der Waals surface area contributed by atoms with E-state index in [0.717, 1.165) is 60.5 Å². The maximum atomic E-state index is 5.26. The number of rotatable bonds is 2. The van der Waals surface area contributed by atoms with Crippen LogP contribution in [0.1, 0.15) is 17.3 Å². The minimum Gasteiger partial charge on any atom is -0.361 e. The monoisotopic (exact) mass is 287 g/mol. The van der Waals surface area contributed by atoms with Gasteiger partial charge in [-0.25, -0.2) is 9.97 Å². The summed E-state index contributed by atoms with van der Waals surface area (Å²) in [6.45, 7) is 9.90. The largest absolute Gasteiger partial charge is 0.361 e. The summed E-state index contributed by atoms with van der Waals surface area (Å²) in [4.78, 5) is 13.8. The van der Waals surface area contributed by atoms with Gasteiger partial charge in [0.15, 0.2) is 0 Å². The van der Waals surface area contributed by atoms with Crippen molar-refractivity contribution >= 4 is 5.82 Å². The van der Waals surface area contributed by atoms with Gasteiger partial charge in [0.05, 0.1) is 17.0 Å².